The number of anilines is 1. The molecule has 1 aliphatic heterocycles. The average molecular weight is 401 g/mol. The van der Waals surface area contributed by atoms with Gasteiger partial charge in [0.2, 0.25) is 15.9 Å². The summed E-state index contributed by atoms with van der Waals surface area (Å²) < 4.78 is 27.2. The number of hydrogen-bond acceptors (Lipinski definition) is 3. The molecule has 1 heterocycles. The van der Waals surface area contributed by atoms with Gasteiger partial charge in [-0.2, -0.15) is 4.31 Å². The molecule has 1 saturated heterocycles. The number of nitrogens with one attached hydrogen (secondary N) is 1. The lowest BCUT2D eigenvalue weighted by molar-refractivity contribution is -0.115. The minimum absolute atomic E-state index is 0.134. The molecule has 6 heteroatoms. The SMILES string of the molecule is CC(C)c1ccc(NC(=O)Cc2cccc(S(=O)(=O)N3CCCCC3)c2)cc1. The van der Waals surface area contributed by atoms with E-state index < -0.39 is 10.0 Å². The molecule has 150 valence electrons. The zero-order valence-electron chi connectivity index (χ0n) is 16.5. The third kappa shape index (κ3) is 5.00. The van der Waals surface area contributed by atoms with Gasteiger partial charge in [-0.1, -0.05) is 44.5 Å². The van der Waals surface area contributed by atoms with Gasteiger partial charge in [0.25, 0.3) is 0 Å². The molecule has 2 aromatic carbocycles. The highest BCUT2D eigenvalue weighted by Crippen LogP contribution is 2.22. The lowest BCUT2D eigenvalue weighted by atomic mass is 10.0. The molecule has 1 amide bonds. The minimum atomic E-state index is -3.49. The van der Waals surface area contributed by atoms with Gasteiger partial charge in [0.15, 0.2) is 0 Å². The van der Waals surface area contributed by atoms with Crippen molar-refractivity contribution in [2.24, 2.45) is 0 Å². The number of carbonyl (C=O) groups is 1. The molecule has 0 radical (unpaired) electrons. The Balaban J connectivity index is 1.67. The molecule has 0 spiro atoms. The number of amides is 1. The van der Waals surface area contributed by atoms with E-state index in [2.05, 4.69) is 19.2 Å². The minimum Gasteiger partial charge on any atom is -0.326 e. The summed E-state index contributed by atoms with van der Waals surface area (Å²) >= 11 is 0. The Kier molecular flexibility index (Phi) is 6.52. The summed E-state index contributed by atoms with van der Waals surface area (Å²) in [7, 11) is -3.49. The average Bonchev–Trinajstić information content (AvgIpc) is 2.69. The topological polar surface area (TPSA) is 66.5 Å². The van der Waals surface area contributed by atoms with Crippen LogP contribution in [0.15, 0.2) is 53.4 Å². The van der Waals surface area contributed by atoms with Gasteiger partial charge in [-0.05, 0) is 54.2 Å². The second-order valence-corrected chi connectivity index (χ2v) is 9.55. The first-order valence-electron chi connectivity index (χ1n) is 9.85. The Labute approximate surface area is 167 Å². The van der Waals surface area contributed by atoms with Gasteiger partial charge in [0.1, 0.15) is 0 Å². The summed E-state index contributed by atoms with van der Waals surface area (Å²) in [5.74, 6) is 0.277. The van der Waals surface area contributed by atoms with Crippen LogP contribution in [0.25, 0.3) is 0 Å². The van der Waals surface area contributed by atoms with Crippen LogP contribution < -0.4 is 5.32 Å². The van der Waals surface area contributed by atoms with E-state index in [0.29, 0.717) is 24.6 Å². The van der Waals surface area contributed by atoms with Crippen molar-refractivity contribution in [3.8, 4) is 0 Å². The second-order valence-electron chi connectivity index (χ2n) is 7.61. The van der Waals surface area contributed by atoms with Gasteiger partial charge >= 0.3 is 0 Å². The van der Waals surface area contributed by atoms with E-state index in [1.165, 1.54) is 5.56 Å². The molecule has 1 aliphatic rings. The molecule has 5 nitrogen and oxygen atoms in total. The summed E-state index contributed by atoms with van der Waals surface area (Å²) in [4.78, 5) is 12.7. The molecule has 3 rings (SSSR count). The van der Waals surface area contributed by atoms with Gasteiger partial charge in [-0.25, -0.2) is 8.42 Å². The standard InChI is InChI=1S/C22H28N2O3S/c1-17(2)19-9-11-20(12-10-19)23-22(25)16-18-7-6-8-21(15-18)28(26,27)24-13-4-3-5-14-24/h6-12,15,17H,3-5,13-14,16H2,1-2H3,(H,23,25). The molecule has 0 aromatic heterocycles. The first kappa shape index (κ1) is 20.6. The van der Waals surface area contributed by atoms with Gasteiger partial charge < -0.3 is 5.32 Å². The molecule has 1 fully saturated rings. The maximum absolute atomic E-state index is 12.8. The number of piperidine rings is 1. The predicted octanol–water partition coefficient (Wildman–Crippen LogP) is 4.17. The van der Waals surface area contributed by atoms with E-state index in [0.717, 1.165) is 24.9 Å². The van der Waals surface area contributed by atoms with Crippen molar-refractivity contribution in [1.29, 1.82) is 0 Å². The van der Waals surface area contributed by atoms with Crippen LogP contribution in [0.3, 0.4) is 0 Å². The summed E-state index contributed by atoms with van der Waals surface area (Å²) in [5, 5.41) is 2.88. The molecule has 0 bridgehead atoms. The van der Waals surface area contributed by atoms with Gasteiger partial charge in [0.05, 0.1) is 11.3 Å². The number of rotatable bonds is 6. The van der Waals surface area contributed by atoms with Crippen LogP contribution in [0.2, 0.25) is 0 Å². The van der Waals surface area contributed by atoms with Crippen LogP contribution in [0.4, 0.5) is 5.69 Å². The largest absolute Gasteiger partial charge is 0.326 e. The Bertz CT molecular complexity index is 915. The normalized spacial score (nSPS) is 15.5. The van der Waals surface area contributed by atoms with E-state index in [9.17, 15) is 13.2 Å². The fourth-order valence-corrected chi connectivity index (χ4v) is 5.00. The van der Waals surface area contributed by atoms with E-state index in [-0.39, 0.29) is 17.2 Å². The van der Waals surface area contributed by atoms with Crippen LogP contribution in [0, 0.1) is 0 Å². The van der Waals surface area contributed by atoms with Gasteiger partial charge in [-0.15, -0.1) is 0 Å². The maximum atomic E-state index is 12.8. The van der Waals surface area contributed by atoms with Crippen molar-refractivity contribution in [2.45, 2.75) is 50.3 Å². The highest BCUT2D eigenvalue weighted by Gasteiger charge is 2.26. The first-order chi connectivity index (χ1) is 13.4. The van der Waals surface area contributed by atoms with E-state index in [1.807, 2.05) is 24.3 Å². The Morgan fingerprint density at radius 2 is 1.71 bits per heavy atom. The second kappa shape index (κ2) is 8.88. The predicted molar refractivity (Wildman–Crippen MR) is 112 cm³/mol. The fourth-order valence-electron chi connectivity index (χ4n) is 3.41. The molecule has 1 N–H and O–H groups in total. The number of sulfonamides is 1. The fraction of sp³-hybridized carbons (Fsp3) is 0.409. The van der Waals surface area contributed by atoms with Crippen molar-refractivity contribution in [3.63, 3.8) is 0 Å². The van der Waals surface area contributed by atoms with Crippen LogP contribution in [0.1, 0.15) is 50.2 Å². The lowest BCUT2D eigenvalue weighted by Crippen LogP contribution is -2.35. The smallest absolute Gasteiger partial charge is 0.243 e. The van der Waals surface area contributed by atoms with Gasteiger partial charge in [-0.3, -0.25) is 4.79 Å². The number of carbonyl (C=O) groups excluding carboxylic acids is 1. The van der Waals surface area contributed by atoms with Crippen molar-refractivity contribution >= 4 is 21.6 Å². The zero-order valence-corrected chi connectivity index (χ0v) is 17.3. The van der Waals surface area contributed by atoms with Crippen molar-refractivity contribution in [1.82, 2.24) is 4.31 Å². The number of hydrogen-bond donors (Lipinski definition) is 1. The summed E-state index contributed by atoms with van der Waals surface area (Å²) in [6, 6.07) is 14.5. The highest BCUT2D eigenvalue weighted by molar-refractivity contribution is 7.89. The van der Waals surface area contributed by atoms with E-state index in [1.54, 1.807) is 28.6 Å². The van der Waals surface area contributed by atoms with Crippen molar-refractivity contribution in [3.05, 3.63) is 59.7 Å². The number of benzene rings is 2. The molecule has 28 heavy (non-hydrogen) atoms. The summed E-state index contributed by atoms with van der Waals surface area (Å²) in [6.07, 6.45) is 3.01. The van der Waals surface area contributed by atoms with Crippen LogP contribution in [-0.4, -0.2) is 31.7 Å². The summed E-state index contributed by atoms with van der Waals surface area (Å²) in [6.45, 7) is 5.38. The summed E-state index contributed by atoms with van der Waals surface area (Å²) in [5.41, 5.74) is 2.65. The quantitative estimate of drug-likeness (QED) is 0.791. The van der Waals surface area contributed by atoms with E-state index >= 15 is 0 Å². The third-order valence-electron chi connectivity index (χ3n) is 5.08. The Morgan fingerprint density at radius 3 is 2.36 bits per heavy atom. The first-order valence-corrected chi connectivity index (χ1v) is 11.3. The third-order valence-corrected chi connectivity index (χ3v) is 6.97. The molecule has 2 aromatic rings. The Hall–Kier alpha value is -2.18. The maximum Gasteiger partial charge on any atom is 0.243 e. The van der Waals surface area contributed by atoms with Gasteiger partial charge in [0, 0.05) is 18.8 Å². The molecule has 0 saturated carbocycles. The van der Waals surface area contributed by atoms with E-state index in [4.69, 9.17) is 0 Å². The monoisotopic (exact) mass is 400 g/mol. The highest BCUT2D eigenvalue weighted by atomic mass is 32.2. The number of nitrogens with zero attached hydrogens (tertiary/aromatic N) is 1. The lowest BCUT2D eigenvalue weighted by Gasteiger charge is -2.26. The van der Waals surface area contributed by atoms with Crippen molar-refractivity contribution in [2.75, 3.05) is 18.4 Å². The molecular formula is C22H28N2O3S. The molecular weight excluding hydrogens is 372 g/mol. The molecule has 0 aliphatic carbocycles. The Morgan fingerprint density at radius 1 is 1.04 bits per heavy atom. The van der Waals surface area contributed by atoms with Crippen LogP contribution >= 0.6 is 0 Å². The van der Waals surface area contributed by atoms with Crippen LogP contribution in [-0.2, 0) is 21.2 Å². The van der Waals surface area contributed by atoms with Crippen molar-refractivity contribution < 1.29 is 13.2 Å². The van der Waals surface area contributed by atoms with Crippen LogP contribution in [0.5, 0.6) is 0 Å². The zero-order chi connectivity index (χ0) is 20.1. The molecule has 0 unspecified atom stereocenters. The molecule has 0 atom stereocenters.